The monoisotopic (exact) mass is 511 g/mol. The molecular weight excluding hydrogens is 488 g/mol. The van der Waals surface area contributed by atoms with Gasteiger partial charge in [0.2, 0.25) is 5.91 Å². The van der Waals surface area contributed by atoms with Crippen molar-refractivity contribution < 1.29 is 18.4 Å². The number of halogens is 2. The molecule has 13 heteroatoms. The van der Waals surface area contributed by atoms with Crippen molar-refractivity contribution in [3.8, 4) is 11.3 Å². The molecule has 4 heterocycles. The Labute approximate surface area is 208 Å². The molecule has 0 aliphatic heterocycles. The summed E-state index contributed by atoms with van der Waals surface area (Å²) in [6.07, 6.45) is 2.55. The number of nitrogens with zero attached hydrogens (tertiary/aromatic N) is 6. The number of imidazole rings is 1. The number of alkyl halides is 2. The normalized spacial score (nSPS) is 11.6. The summed E-state index contributed by atoms with van der Waals surface area (Å²) in [5.74, 6) is -3.80. The maximum absolute atomic E-state index is 13.7. The first-order chi connectivity index (χ1) is 17.4. The van der Waals surface area contributed by atoms with Gasteiger partial charge in [0.15, 0.2) is 11.2 Å². The lowest BCUT2D eigenvalue weighted by Gasteiger charge is -2.13. The van der Waals surface area contributed by atoms with Crippen molar-refractivity contribution in [2.75, 3.05) is 5.32 Å². The molecule has 0 aliphatic rings. The Morgan fingerprint density at radius 1 is 1.14 bits per heavy atom. The summed E-state index contributed by atoms with van der Waals surface area (Å²) in [6, 6.07) is 6.38. The van der Waals surface area contributed by atoms with E-state index in [4.69, 9.17) is 0 Å². The third-order valence-corrected chi connectivity index (χ3v) is 5.60. The van der Waals surface area contributed by atoms with E-state index in [-0.39, 0.29) is 35.0 Å². The lowest BCUT2D eigenvalue weighted by molar-refractivity contribution is -0.118. The van der Waals surface area contributed by atoms with Gasteiger partial charge in [-0.1, -0.05) is 6.07 Å². The number of aryl methyl sites for hydroxylation is 2. The summed E-state index contributed by atoms with van der Waals surface area (Å²) in [6.45, 7) is 2.84. The van der Waals surface area contributed by atoms with E-state index in [9.17, 15) is 28.0 Å². The molecule has 0 atom stereocenters. The maximum atomic E-state index is 13.7. The average molecular weight is 511 g/mol. The summed E-state index contributed by atoms with van der Waals surface area (Å²) >= 11 is 0. The molecular formula is C24H23F2N7O4. The van der Waals surface area contributed by atoms with Crippen LogP contribution in [0.4, 0.5) is 14.6 Å². The first-order valence-electron chi connectivity index (χ1n) is 11.1. The van der Waals surface area contributed by atoms with Gasteiger partial charge in [0.05, 0.1) is 18.6 Å². The van der Waals surface area contributed by atoms with Crippen molar-refractivity contribution in [2.24, 2.45) is 7.05 Å². The second-order valence-electron chi connectivity index (χ2n) is 8.71. The maximum Gasteiger partial charge on any atom is 0.332 e. The summed E-state index contributed by atoms with van der Waals surface area (Å²) in [5, 5.41) is 2.63. The summed E-state index contributed by atoms with van der Waals surface area (Å²) < 4.78 is 30.5. The molecule has 0 fully saturated rings. The second kappa shape index (κ2) is 9.48. The number of hydrogen-bond acceptors (Lipinski definition) is 7. The van der Waals surface area contributed by atoms with Crippen LogP contribution in [0.15, 0.2) is 46.4 Å². The van der Waals surface area contributed by atoms with Crippen LogP contribution in [0.25, 0.3) is 22.4 Å². The highest BCUT2D eigenvalue weighted by Gasteiger charge is 2.28. The van der Waals surface area contributed by atoms with E-state index in [1.54, 1.807) is 24.3 Å². The van der Waals surface area contributed by atoms with Crippen molar-refractivity contribution >= 4 is 28.7 Å². The smallest absolute Gasteiger partial charge is 0.315 e. The molecule has 0 aromatic carbocycles. The molecule has 0 spiro atoms. The zero-order valence-corrected chi connectivity index (χ0v) is 20.5. The Bertz CT molecular complexity index is 1660. The van der Waals surface area contributed by atoms with E-state index < -0.39 is 29.6 Å². The number of carbonyl (C=O) groups is 2. The summed E-state index contributed by atoms with van der Waals surface area (Å²) in [4.78, 5) is 62.0. The van der Waals surface area contributed by atoms with Crippen molar-refractivity contribution in [3.63, 3.8) is 0 Å². The molecule has 1 N–H and O–H groups in total. The van der Waals surface area contributed by atoms with Crippen molar-refractivity contribution in [1.29, 1.82) is 0 Å². The third-order valence-electron chi connectivity index (χ3n) is 5.60. The molecule has 11 nitrogen and oxygen atoms in total. The lowest BCUT2D eigenvalue weighted by atomic mass is 10.1. The standard InChI is InChI=1S/C24H23F2N7O4/c1-13-8-15(9-27-20(13)24(3,25)26)16-6-5-7-17(29-16)30-18(35)11-32-12-28-21-19(32)22(36)33(10-14(2)34)23(37)31(21)4/h5-9,12H,10-11H2,1-4H3,(H,29,30,35). The van der Waals surface area contributed by atoms with Gasteiger partial charge in [-0.3, -0.25) is 28.5 Å². The lowest BCUT2D eigenvalue weighted by Crippen LogP contribution is -2.41. The topological polar surface area (TPSA) is 134 Å². The van der Waals surface area contributed by atoms with Gasteiger partial charge in [0.25, 0.3) is 11.5 Å². The Morgan fingerprint density at radius 3 is 2.51 bits per heavy atom. The van der Waals surface area contributed by atoms with Gasteiger partial charge in [-0.25, -0.2) is 14.8 Å². The molecule has 4 aromatic heterocycles. The minimum absolute atomic E-state index is 0.00502. The van der Waals surface area contributed by atoms with Gasteiger partial charge < -0.3 is 9.88 Å². The number of carbonyl (C=O) groups excluding carboxylic acids is 2. The predicted molar refractivity (Wildman–Crippen MR) is 130 cm³/mol. The number of anilines is 1. The van der Waals surface area contributed by atoms with Crippen LogP contribution in [0.2, 0.25) is 0 Å². The Kier molecular flexibility index (Phi) is 6.55. The van der Waals surface area contributed by atoms with Crippen molar-refractivity contribution in [1.82, 2.24) is 28.7 Å². The first kappa shape index (κ1) is 25.5. The van der Waals surface area contributed by atoms with E-state index in [2.05, 4.69) is 20.3 Å². The molecule has 192 valence electrons. The van der Waals surface area contributed by atoms with Gasteiger partial charge in [-0.2, -0.15) is 8.78 Å². The van der Waals surface area contributed by atoms with Crippen molar-refractivity contribution in [2.45, 2.75) is 39.8 Å². The van der Waals surface area contributed by atoms with Crippen LogP contribution in [0.3, 0.4) is 0 Å². The molecule has 0 saturated heterocycles. The SMILES string of the molecule is CC(=O)Cn1c(=O)c2c(ncn2CC(=O)Nc2cccc(-c3cnc(C(C)(F)F)c(C)c3)n2)n(C)c1=O. The number of pyridine rings is 2. The van der Waals surface area contributed by atoms with E-state index in [1.807, 2.05) is 0 Å². The number of Topliss-reactive ketones (excluding diaryl/α,β-unsaturated/α-hetero) is 1. The summed E-state index contributed by atoms with van der Waals surface area (Å²) in [5.41, 5.74) is -0.470. The summed E-state index contributed by atoms with van der Waals surface area (Å²) in [7, 11) is 1.41. The minimum Gasteiger partial charge on any atom is -0.315 e. The highest BCUT2D eigenvalue weighted by Crippen LogP contribution is 2.30. The van der Waals surface area contributed by atoms with Crippen LogP contribution < -0.4 is 16.6 Å². The third kappa shape index (κ3) is 5.06. The molecule has 37 heavy (non-hydrogen) atoms. The molecule has 0 bridgehead atoms. The van der Waals surface area contributed by atoms with Gasteiger partial charge in [-0.05, 0) is 37.6 Å². The van der Waals surface area contributed by atoms with Gasteiger partial charge in [-0.15, -0.1) is 0 Å². The quantitative estimate of drug-likeness (QED) is 0.401. The van der Waals surface area contributed by atoms with Crippen LogP contribution in [0, 0.1) is 6.92 Å². The van der Waals surface area contributed by atoms with Crippen molar-refractivity contribution in [3.05, 3.63) is 68.9 Å². The molecule has 4 aromatic rings. The van der Waals surface area contributed by atoms with E-state index in [0.717, 1.165) is 16.1 Å². The van der Waals surface area contributed by atoms with Gasteiger partial charge in [0.1, 0.15) is 23.8 Å². The molecule has 1 amide bonds. The van der Waals surface area contributed by atoms with Crippen LogP contribution in [-0.2, 0) is 35.6 Å². The number of hydrogen-bond donors (Lipinski definition) is 1. The Hall–Kier alpha value is -4.55. The highest BCUT2D eigenvalue weighted by atomic mass is 19.3. The van der Waals surface area contributed by atoms with Gasteiger partial charge >= 0.3 is 5.69 Å². The van der Waals surface area contributed by atoms with Crippen LogP contribution in [-0.4, -0.2) is 40.3 Å². The first-order valence-corrected chi connectivity index (χ1v) is 11.1. The zero-order valence-electron chi connectivity index (χ0n) is 20.5. The molecule has 4 rings (SSSR count). The predicted octanol–water partition coefficient (Wildman–Crippen LogP) is 2.00. The second-order valence-corrected chi connectivity index (χ2v) is 8.71. The minimum atomic E-state index is -3.08. The number of ketones is 1. The van der Waals surface area contributed by atoms with Crippen LogP contribution >= 0.6 is 0 Å². The molecule has 0 unspecified atom stereocenters. The number of rotatable bonds is 7. The van der Waals surface area contributed by atoms with Gasteiger partial charge in [0, 0.05) is 25.7 Å². The fourth-order valence-electron chi connectivity index (χ4n) is 3.98. The number of amides is 1. The molecule has 0 aliphatic carbocycles. The highest BCUT2D eigenvalue weighted by molar-refractivity contribution is 5.90. The van der Waals surface area contributed by atoms with Crippen LogP contribution in [0.1, 0.15) is 25.1 Å². The number of aromatic nitrogens is 6. The Morgan fingerprint density at radius 2 is 1.86 bits per heavy atom. The zero-order chi connectivity index (χ0) is 27.1. The van der Waals surface area contributed by atoms with E-state index >= 15 is 0 Å². The average Bonchev–Trinajstić information content (AvgIpc) is 3.23. The van der Waals surface area contributed by atoms with E-state index in [0.29, 0.717) is 16.8 Å². The fourth-order valence-corrected chi connectivity index (χ4v) is 3.98. The van der Waals surface area contributed by atoms with Crippen LogP contribution in [0.5, 0.6) is 0 Å². The number of fused-ring (bicyclic) bond motifs is 1. The van der Waals surface area contributed by atoms with E-state index in [1.165, 1.54) is 38.0 Å². The molecule has 0 radical (unpaired) electrons. The fraction of sp³-hybridized carbons (Fsp3) is 0.292. The largest absolute Gasteiger partial charge is 0.332 e. The Balaban J connectivity index is 1.60. The number of nitrogens with one attached hydrogen (secondary N) is 1. The molecule has 0 saturated carbocycles.